The molecule has 8 heteroatoms. The second-order valence-electron chi connectivity index (χ2n) is 4.11. The number of anilines is 1. The van der Waals surface area contributed by atoms with E-state index in [4.69, 9.17) is 16.7 Å². The summed E-state index contributed by atoms with van der Waals surface area (Å²) >= 11 is 5.90. The highest BCUT2D eigenvalue weighted by atomic mass is 35.5. The third kappa shape index (κ3) is 2.37. The van der Waals surface area contributed by atoms with Crippen LogP contribution in [0.4, 0.5) is 11.4 Å². The van der Waals surface area contributed by atoms with Crippen LogP contribution in [0.1, 0.15) is 6.42 Å². The van der Waals surface area contributed by atoms with Crippen LogP contribution in [-0.2, 0) is 9.59 Å². The lowest BCUT2D eigenvalue weighted by Gasteiger charge is -2.17. The minimum Gasteiger partial charge on any atom is -0.481 e. The Labute approximate surface area is 112 Å². The zero-order chi connectivity index (χ0) is 14.2. The standard InChI is InChI=1S/C11H9ClN2O5/c12-7-2-1-3-8(14(18)19)10(7)13-5-6(11(16)17)4-9(13)15/h1-3,6H,4-5H2,(H,16,17). The van der Waals surface area contributed by atoms with Crippen molar-refractivity contribution in [1.29, 1.82) is 0 Å². The number of carboxylic acids is 1. The predicted molar refractivity (Wildman–Crippen MR) is 66.2 cm³/mol. The van der Waals surface area contributed by atoms with Crippen molar-refractivity contribution in [3.05, 3.63) is 33.3 Å². The van der Waals surface area contributed by atoms with Crippen molar-refractivity contribution in [1.82, 2.24) is 0 Å². The fourth-order valence-electron chi connectivity index (χ4n) is 2.01. The summed E-state index contributed by atoms with van der Waals surface area (Å²) in [5.74, 6) is -2.46. The Morgan fingerprint density at radius 1 is 1.53 bits per heavy atom. The quantitative estimate of drug-likeness (QED) is 0.672. The molecule has 2 rings (SSSR count). The molecule has 1 atom stereocenters. The molecule has 0 bridgehead atoms. The first-order valence-electron chi connectivity index (χ1n) is 5.38. The minimum absolute atomic E-state index is 0.0390. The van der Waals surface area contributed by atoms with Crippen molar-refractivity contribution < 1.29 is 19.6 Å². The van der Waals surface area contributed by atoms with Crippen molar-refractivity contribution >= 4 is 34.9 Å². The van der Waals surface area contributed by atoms with Crippen LogP contribution in [-0.4, -0.2) is 28.5 Å². The molecule has 1 N–H and O–H groups in total. The molecule has 0 aromatic heterocycles. The van der Waals surface area contributed by atoms with Gasteiger partial charge in [-0.2, -0.15) is 0 Å². The van der Waals surface area contributed by atoms with Gasteiger partial charge in [-0.05, 0) is 6.07 Å². The molecule has 100 valence electrons. The van der Waals surface area contributed by atoms with Crippen molar-refractivity contribution in [3.8, 4) is 0 Å². The molecule has 1 heterocycles. The molecule has 0 radical (unpaired) electrons. The molecule has 1 amide bonds. The maximum atomic E-state index is 11.8. The summed E-state index contributed by atoms with van der Waals surface area (Å²) in [6.45, 7) is -0.112. The SMILES string of the molecule is O=C(O)C1CC(=O)N(c2c(Cl)cccc2[N+](=O)[O-])C1. The summed E-state index contributed by atoms with van der Waals surface area (Å²) < 4.78 is 0. The number of hydrogen-bond donors (Lipinski definition) is 1. The Bertz CT molecular complexity index is 574. The van der Waals surface area contributed by atoms with Crippen molar-refractivity contribution in [3.63, 3.8) is 0 Å². The summed E-state index contributed by atoms with van der Waals surface area (Å²) in [6.07, 6.45) is -0.183. The van der Waals surface area contributed by atoms with E-state index < -0.39 is 22.7 Å². The van der Waals surface area contributed by atoms with E-state index in [2.05, 4.69) is 0 Å². The number of amides is 1. The summed E-state index contributed by atoms with van der Waals surface area (Å²) in [7, 11) is 0. The van der Waals surface area contributed by atoms with E-state index in [9.17, 15) is 19.7 Å². The zero-order valence-electron chi connectivity index (χ0n) is 9.58. The molecular weight excluding hydrogens is 276 g/mol. The van der Waals surface area contributed by atoms with Gasteiger partial charge in [0.25, 0.3) is 5.69 Å². The molecule has 1 aliphatic rings. The molecule has 0 aliphatic carbocycles. The van der Waals surface area contributed by atoms with E-state index in [1.54, 1.807) is 0 Å². The van der Waals surface area contributed by atoms with Crippen LogP contribution in [0.3, 0.4) is 0 Å². The average molecular weight is 285 g/mol. The Morgan fingerprint density at radius 2 is 2.21 bits per heavy atom. The van der Waals surface area contributed by atoms with Gasteiger partial charge in [0, 0.05) is 19.0 Å². The van der Waals surface area contributed by atoms with Gasteiger partial charge in [0.2, 0.25) is 5.91 Å². The second kappa shape index (κ2) is 4.85. The highest BCUT2D eigenvalue weighted by Gasteiger charge is 2.38. The number of rotatable bonds is 3. The van der Waals surface area contributed by atoms with E-state index in [-0.39, 0.29) is 29.4 Å². The number of benzene rings is 1. The molecule has 1 fully saturated rings. The molecule has 0 spiro atoms. The van der Waals surface area contributed by atoms with E-state index >= 15 is 0 Å². The summed E-state index contributed by atoms with van der Waals surface area (Å²) in [6, 6.07) is 4.05. The number of nitro groups is 1. The number of nitrogens with zero attached hydrogens (tertiary/aromatic N) is 2. The number of halogens is 1. The van der Waals surface area contributed by atoms with Gasteiger partial charge in [0.1, 0.15) is 5.69 Å². The number of nitro benzene ring substituents is 1. The van der Waals surface area contributed by atoms with Gasteiger partial charge in [-0.15, -0.1) is 0 Å². The highest BCUT2D eigenvalue weighted by molar-refractivity contribution is 6.34. The third-order valence-corrected chi connectivity index (χ3v) is 3.21. The zero-order valence-corrected chi connectivity index (χ0v) is 10.3. The monoisotopic (exact) mass is 284 g/mol. The Balaban J connectivity index is 2.45. The second-order valence-corrected chi connectivity index (χ2v) is 4.52. The topological polar surface area (TPSA) is 101 Å². The van der Waals surface area contributed by atoms with Crippen LogP contribution >= 0.6 is 11.6 Å². The molecule has 0 saturated carbocycles. The number of aliphatic carboxylic acids is 1. The molecule has 7 nitrogen and oxygen atoms in total. The van der Waals surface area contributed by atoms with Gasteiger partial charge in [-0.1, -0.05) is 17.7 Å². The Kier molecular flexibility index (Phi) is 3.39. The van der Waals surface area contributed by atoms with Crippen molar-refractivity contribution in [2.24, 2.45) is 5.92 Å². The first-order valence-corrected chi connectivity index (χ1v) is 5.75. The average Bonchev–Trinajstić information content (AvgIpc) is 2.71. The lowest BCUT2D eigenvalue weighted by atomic mass is 10.1. The summed E-state index contributed by atoms with van der Waals surface area (Å²) in [4.78, 5) is 34.0. The van der Waals surface area contributed by atoms with Crippen LogP contribution in [0.5, 0.6) is 0 Å². The lowest BCUT2D eigenvalue weighted by molar-refractivity contribution is -0.384. The molecule has 1 unspecified atom stereocenters. The molecule has 1 aromatic rings. The number of carboxylic acid groups (broad SMARTS) is 1. The molecular formula is C11H9ClN2O5. The predicted octanol–water partition coefficient (Wildman–Crippen LogP) is 1.69. The van der Waals surface area contributed by atoms with Gasteiger partial charge in [-0.3, -0.25) is 19.7 Å². The van der Waals surface area contributed by atoms with E-state index in [1.165, 1.54) is 18.2 Å². The van der Waals surface area contributed by atoms with Crippen molar-refractivity contribution in [2.45, 2.75) is 6.42 Å². The minimum atomic E-state index is -1.11. The number of carbonyl (C=O) groups is 2. The molecule has 1 aliphatic heterocycles. The van der Waals surface area contributed by atoms with Crippen LogP contribution in [0, 0.1) is 16.0 Å². The smallest absolute Gasteiger partial charge is 0.308 e. The lowest BCUT2D eigenvalue weighted by Crippen LogP contribution is -2.26. The number of para-hydroxylation sites is 1. The van der Waals surface area contributed by atoms with Crippen LogP contribution in [0.15, 0.2) is 18.2 Å². The fourth-order valence-corrected chi connectivity index (χ4v) is 2.28. The van der Waals surface area contributed by atoms with Crippen LogP contribution in [0.2, 0.25) is 5.02 Å². The summed E-state index contributed by atoms with van der Waals surface area (Å²) in [5.41, 5.74) is -0.352. The molecule has 1 aromatic carbocycles. The maximum Gasteiger partial charge on any atom is 0.308 e. The Morgan fingerprint density at radius 3 is 2.74 bits per heavy atom. The maximum absolute atomic E-state index is 11.8. The molecule has 19 heavy (non-hydrogen) atoms. The first-order chi connectivity index (χ1) is 8.91. The van der Waals surface area contributed by atoms with Crippen molar-refractivity contribution in [2.75, 3.05) is 11.4 Å². The van der Waals surface area contributed by atoms with Crippen LogP contribution in [0.25, 0.3) is 0 Å². The van der Waals surface area contributed by atoms with Gasteiger partial charge < -0.3 is 10.0 Å². The van der Waals surface area contributed by atoms with E-state index in [1.807, 2.05) is 0 Å². The van der Waals surface area contributed by atoms with Gasteiger partial charge >= 0.3 is 5.97 Å². The third-order valence-electron chi connectivity index (χ3n) is 2.91. The first kappa shape index (κ1) is 13.3. The van der Waals surface area contributed by atoms with Gasteiger partial charge in [0.15, 0.2) is 0 Å². The number of carbonyl (C=O) groups excluding carboxylic acids is 1. The highest BCUT2D eigenvalue weighted by Crippen LogP contribution is 2.38. The van der Waals surface area contributed by atoms with Crippen LogP contribution < -0.4 is 4.90 Å². The van der Waals surface area contributed by atoms with Gasteiger partial charge in [-0.25, -0.2) is 0 Å². The number of hydrogen-bond acceptors (Lipinski definition) is 4. The van der Waals surface area contributed by atoms with Gasteiger partial charge in [0.05, 0.1) is 15.9 Å². The molecule has 1 saturated heterocycles. The van der Waals surface area contributed by atoms with E-state index in [0.29, 0.717) is 0 Å². The largest absolute Gasteiger partial charge is 0.481 e. The fraction of sp³-hybridized carbons (Fsp3) is 0.273. The summed E-state index contributed by atoms with van der Waals surface area (Å²) in [5, 5.41) is 19.9. The normalized spacial score (nSPS) is 18.7. The Hall–Kier alpha value is -2.15. The van der Waals surface area contributed by atoms with E-state index in [0.717, 1.165) is 4.90 Å².